The molecule has 0 heterocycles. The summed E-state index contributed by atoms with van der Waals surface area (Å²) in [5.41, 5.74) is 2.57. The summed E-state index contributed by atoms with van der Waals surface area (Å²) >= 11 is 0. The second-order valence-corrected chi connectivity index (χ2v) is 8.26. The number of nitrogens with one attached hydrogen (secondary N) is 1. The van der Waals surface area contributed by atoms with E-state index in [0.717, 1.165) is 25.7 Å². The van der Waals surface area contributed by atoms with Crippen molar-refractivity contribution >= 4 is 10.0 Å². The topological polar surface area (TPSA) is 46.2 Å². The summed E-state index contributed by atoms with van der Waals surface area (Å²) in [5, 5.41) is 0. The van der Waals surface area contributed by atoms with Crippen molar-refractivity contribution in [3.63, 3.8) is 0 Å². The average Bonchev–Trinajstić information content (AvgIpc) is 2.48. The second kappa shape index (κ2) is 7.93. The van der Waals surface area contributed by atoms with Crippen molar-refractivity contribution in [1.82, 2.24) is 4.72 Å². The fraction of sp³-hybridized carbons (Fsp3) is 0.556. The van der Waals surface area contributed by atoms with Gasteiger partial charge in [0.05, 0.1) is 4.90 Å². The Morgan fingerprint density at radius 3 is 2.45 bits per heavy atom. The summed E-state index contributed by atoms with van der Waals surface area (Å²) in [7, 11) is -3.38. The van der Waals surface area contributed by atoms with Crippen molar-refractivity contribution < 1.29 is 8.42 Å². The van der Waals surface area contributed by atoms with E-state index in [-0.39, 0.29) is 0 Å². The van der Waals surface area contributed by atoms with Crippen LogP contribution in [0.4, 0.5) is 0 Å². The summed E-state index contributed by atoms with van der Waals surface area (Å²) in [5.74, 6) is 0.573. The molecule has 0 amide bonds. The molecule has 0 saturated heterocycles. The van der Waals surface area contributed by atoms with Gasteiger partial charge in [-0.15, -0.1) is 0 Å². The highest BCUT2D eigenvalue weighted by Gasteiger charge is 2.14. The molecule has 0 bridgehead atoms. The molecule has 1 aliphatic rings. The molecule has 0 spiro atoms. The molecule has 0 radical (unpaired) electrons. The highest BCUT2D eigenvalue weighted by molar-refractivity contribution is 7.89. The third kappa shape index (κ3) is 5.25. The first-order chi connectivity index (χ1) is 10.5. The molecule has 4 heteroatoms. The zero-order chi connectivity index (χ0) is 16.0. The number of benzene rings is 1. The Morgan fingerprint density at radius 1 is 1.14 bits per heavy atom. The molecule has 1 aliphatic carbocycles. The van der Waals surface area contributed by atoms with Crippen LogP contribution in [-0.2, 0) is 16.4 Å². The van der Waals surface area contributed by atoms with Crippen LogP contribution < -0.4 is 4.72 Å². The summed E-state index contributed by atoms with van der Waals surface area (Å²) < 4.78 is 27.3. The van der Waals surface area contributed by atoms with Crippen molar-refractivity contribution in [3.05, 3.63) is 41.5 Å². The van der Waals surface area contributed by atoms with Crippen LogP contribution in [0.25, 0.3) is 0 Å². The number of allylic oxidation sites excluding steroid dienone is 1. The lowest BCUT2D eigenvalue weighted by Crippen LogP contribution is -2.25. The Morgan fingerprint density at radius 2 is 1.86 bits per heavy atom. The second-order valence-electron chi connectivity index (χ2n) is 6.50. The third-order valence-electron chi connectivity index (χ3n) is 4.00. The van der Waals surface area contributed by atoms with E-state index < -0.39 is 10.0 Å². The van der Waals surface area contributed by atoms with E-state index in [1.807, 2.05) is 12.1 Å². The first-order valence-corrected chi connectivity index (χ1v) is 9.72. The summed E-state index contributed by atoms with van der Waals surface area (Å²) in [6.45, 7) is 4.81. The molecular weight excluding hydrogens is 294 g/mol. The first kappa shape index (κ1) is 17.2. The predicted molar refractivity (Wildman–Crippen MR) is 91.3 cm³/mol. The van der Waals surface area contributed by atoms with Gasteiger partial charge in [0.15, 0.2) is 0 Å². The van der Waals surface area contributed by atoms with E-state index in [1.165, 1.54) is 24.0 Å². The van der Waals surface area contributed by atoms with Crippen molar-refractivity contribution in [2.24, 2.45) is 5.92 Å². The fourth-order valence-electron chi connectivity index (χ4n) is 2.84. The van der Waals surface area contributed by atoms with Gasteiger partial charge in [-0.25, -0.2) is 13.1 Å². The van der Waals surface area contributed by atoms with Gasteiger partial charge in [-0.2, -0.15) is 0 Å². The fourth-order valence-corrected chi connectivity index (χ4v) is 3.87. The van der Waals surface area contributed by atoms with E-state index in [1.54, 1.807) is 12.1 Å². The average molecular weight is 321 g/mol. The van der Waals surface area contributed by atoms with E-state index in [0.29, 0.717) is 17.4 Å². The van der Waals surface area contributed by atoms with Crippen LogP contribution in [0.3, 0.4) is 0 Å². The summed E-state index contributed by atoms with van der Waals surface area (Å²) in [6.07, 6.45) is 8.81. The lowest BCUT2D eigenvalue weighted by molar-refractivity contribution is 0.579. The maximum absolute atomic E-state index is 12.3. The van der Waals surface area contributed by atoms with Crippen molar-refractivity contribution in [1.29, 1.82) is 0 Å². The quantitative estimate of drug-likeness (QED) is 0.770. The van der Waals surface area contributed by atoms with E-state index in [2.05, 4.69) is 24.6 Å². The van der Waals surface area contributed by atoms with E-state index >= 15 is 0 Å². The van der Waals surface area contributed by atoms with Crippen LogP contribution in [0.5, 0.6) is 0 Å². The molecule has 0 saturated carbocycles. The molecule has 0 aliphatic heterocycles. The Kier molecular flexibility index (Phi) is 6.21. The largest absolute Gasteiger partial charge is 0.240 e. The molecular formula is C18H27NO2S. The molecule has 3 nitrogen and oxygen atoms in total. The predicted octanol–water partition coefficient (Wildman–Crippen LogP) is 4.05. The molecule has 2 rings (SSSR count). The van der Waals surface area contributed by atoms with E-state index in [9.17, 15) is 8.42 Å². The van der Waals surface area contributed by atoms with Crippen LogP contribution >= 0.6 is 0 Å². The van der Waals surface area contributed by atoms with Gasteiger partial charge >= 0.3 is 0 Å². The monoisotopic (exact) mass is 321 g/mol. The number of hydrogen-bond donors (Lipinski definition) is 1. The minimum absolute atomic E-state index is 0.359. The zero-order valence-electron chi connectivity index (χ0n) is 13.6. The minimum atomic E-state index is -3.38. The Hall–Kier alpha value is -1.13. The lowest BCUT2D eigenvalue weighted by atomic mass is 9.97. The molecule has 1 aromatic rings. The SMILES string of the molecule is CC(C)Cc1ccc(S(=O)(=O)NCCC2=CCCCC2)cc1. The van der Waals surface area contributed by atoms with Crippen LogP contribution in [0.15, 0.2) is 40.8 Å². The molecule has 0 unspecified atom stereocenters. The standard InChI is InChI=1S/C18H27NO2S/c1-15(2)14-17-8-10-18(11-9-17)22(20,21)19-13-12-16-6-4-3-5-7-16/h6,8-11,15,19H,3-5,7,12-14H2,1-2H3. The maximum atomic E-state index is 12.3. The number of sulfonamides is 1. The molecule has 0 fully saturated rings. The Labute approximate surface area is 134 Å². The molecule has 0 aromatic heterocycles. The van der Waals surface area contributed by atoms with Crippen molar-refractivity contribution in [2.45, 2.75) is 57.3 Å². The van der Waals surface area contributed by atoms with Gasteiger partial charge in [-0.05, 0) is 62.1 Å². The van der Waals surface area contributed by atoms with Crippen LogP contribution in [0.1, 0.15) is 51.5 Å². The zero-order valence-corrected chi connectivity index (χ0v) is 14.5. The van der Waals surface area contributed by atoms with Gasteiger partial charge in [0, 0.05) is 6.54 Å². The molecule has 122 valence electrons. The molecule has 0 atom stereocenters. The normalized spacial score (nSPS) is 15.9. The van der Waals surface area contributed by atoms with Crippen LogP contribution in [0.2, 0.25) is 0 Å². The van der Waals surface area contributed by atoms with Gasteiger partial charge in [0.2, 0.25) is 10.0 Å². The van der Waals surface area contributed by atoms with Crippen LogP contribution in [0, 0.1) is 5.92 Å². The van der Waals surface area contributed by atoms with Crippen LogP contribution in [-0.4, -0.2) is 15.0 Å². The van der Waals surface area contributed by atoms with Crippen molar-refractivity contribution in [2.75, 3.05) is 6.54 Å². The lowest BCUT2D eigenvalue weighted by Gasteiger charge is -2.13. The van der Waals surface area contributed by atoms with Gasteiger partial charge in [0.25, 0.3) is 0 Å². The van der Waals surface area contributed by atoms with Gasteiger partial charge in [0.1, 0.15) is 0 Å². The number of rotatable bonds is 7. The Bertz CT molecular complexity index is 600. The smallest absolute Gasteiger partial charge is 0.211 e. The minimum Gasteiger partial charge on any atom is -0.211 e. The van der Waals surface area contributed by atoms with Crippen molar-refractivity contribution in [3.8, 4) is 0 Å². The summed E-state index contributed by atoms with van der Waals surface area (Å²) in [6, 6.07) is 7.25. The third-order valence-corrected chi connectivity index (χ3v) is 5.48. The maximum Gasteiger partial charge on any atom is 0.240 e. The summed E-state index contributed by atoms with van der Waals surface area (Å²) in [4.78, 5) is 0.359. The van der Waals surface area contributed by atoms with Gasteiger partial charge in [-0.3, -0.25) is 0 Å². The molecule has 1 aromatic carbocycles. The highest BCUT2D eigenvalue weighted by Crippen LogP contribution is 2.20. The first-order valence-electron chi connectivity index (χ1n) is 8.24. The van der Waals surface area contributed by atoms with Gasteiger partial charge < -0.3 is 0 Å². The molecule has 1 N–H and O–H groups in total. The van der Waals surface area contributed by atoms with E-state index in [4.69, 9.17) is 0 Å². The molecule has 22 heavy (non-hydrogen) atoms. The Balaban J connectivity index is 1.90. The number of hydrogen-bond acceptors (Lipinski definition) is 2. The highest BCUT2D eigenvalue weighted by atomic mass is 32.2. The van der Waals surface area contributed by atoms with Gasteiger partial charge in [-0.1, -0.05) is 37.6 Å².